The Hall–Kier alpha value is -3.43. The van der Waals surface area contributed by atoms with Gasteiger partial charge in [-0.1, -0.05) is 12.1 Å². The van der Waals surface area contributed by atoms with Crippen molar-refractivity contribution in [1.29, 1.82) is 5.26 Å². The average Bonchev–Trinajstić information content (AvgIpc) is 2.65. The number of nitrogens with one attached hydrogen (secondary N) is 1. The van der Waals surface area contributed by atoms with Crippen molar-refractivity contribution in [2.75, 3.05) is 5.32 Å². The summed E-state index contributed by atoms with van der Waals surface area (Å²) >= 11 is 0. The number of hydrogen-bond acceptors (Lipinski definition) is 6. The number of ether oxygens (including phenoxy) is 1. The van der Waals surface area contributed by atoms with Gasteiger partial charge in [0.1, 0.15) is 5.75 Å². The Morgan fingerprint density at radius 2 is 1.81 bits per heavy atom. The van der Waals surface area contributed by atoms with Gasteiger partial charge in [0.2, 0.25) is 11.8 Å². The minimum absolute atomic E-state index is 0.00583. The fraction of sp³-hybridized carbons (Fsp3) is 0.150. The van der Waals surface area contributed by atoms with E-state index in [4.69, 9.17) is 10.00 Å². The van der Waals surface area contributed by atoms with Crippen molar-refractivity contribution in [1.82, 2.24) is 9.97 Å². The molecule has 26 heavy (non-hydrogen) atoms. The second-order valence-corrected chi connectivity index (χ2v) is 5.85. The summed E-state index contributed by atoms with van der Waals surface area (Å²) in [5.41, 5.74) is 4.06. The Labute approximate surface area is 151 Å². The van der Waals surface area contributed by atoms with Gasteiger partial charge in [-0.3, -0.25) is 0 Å². The fourth-order valence-corrected chi connectivity index (χ4v) is 2.61. The predicted molar refractivity (Wildman–Crippen MR) is 98.4 cm³/mol. The maximum absolute atomic E-state index is 9.29. The van der Waals surface area contributed by atoms with Crippen molar-refractivity contribution in [2.45, 2.75) is 20.5 Å². The summed E-state index contributed by atoms with van der Waals surface area (Å²) in [6.07, 6.45) is 1.61. The normalized spacial score (nSPS) is 10.2. The van der Waals surface area contributed by atoms with E-state index in [1.165, 1.54) is 0 Å². The van der Waals surface area contributed by atoms with Gasteiger partial charge in [-0.15, -0.1) is 0 Å². The summed E-state index contributed by atoms with van der Waals surface area (Å²) in [5, 5.41) is 21.2. The summed E-state index contributed by atoms with van der Waals surface area (Å²) in [7, 11) is 0. The van der Waals surface area contributed by atoms with E-state index in [9.17, 15) is 5.11 Å². The zero-order chi connectivity index (χ0) is 18.5. The van der Waals surface area contributed by atoms with E-state index in [-0.39, 0.29) is 6.61 Å². The highest BCUT2D eigenvalue weighted by Crippen LogP contribution is 2.29. The van der Waals surface area contributed by atoms with E-state index in [1.807, 2.05) is 26.0 Å². The monoisotopic (exact) mass is 346 g/mol. The van der Waals surface area contributed by atoms with Crippen molar-refractivity contribution in [3.63, 3.8) is 0 Å². The Balaban J connectivity index is 1.80. The molecule has 2 N–H and O–H groups in total. The maximum atomic E-state index is 9.29. The van der Waals surface area contributed by atoms with Crippen LogP contribution in [0.1, 0.15) is 22.3 Å². The largest absolute Gasteiger partial charge is 0.438 e. The van der Waals surface area contributed by atoms with Crippen LogP contribution in [0.4, 0.5) is 11.6 Å². The number of aliphatic hydroxyl groups excluding tert-OH is 1. The van der Waals surface area contributed by atoms with Crippen LogP contribution < -0.4 is 10.1 Å². The first kappa shape index (κ1) is 17.4. The second kappa shape index (κ2) is 7.64. The molecule has 0 spiro atoms. The van der Waals surface area contributed by atoms with Gasteiger partial charge in [0.25, 0.3) is 0 Å². The van der Waals surface area contributed by atoms with Crippen molar-refractivity contribution in [3.05, 3.63) is 70.9 Å². The first-order valence-corrected chi connectivity index (χ1v) is 8.08. The van der Waals surface area contributed by atoms with Gasteiger partial charge < -0.3 is 15.2 Å². The topological polar surface area (TPSA) is 91.1 Å². The first-order valence-electron chi connectivity index (χ1n) is 8.08. The van der Waals surface area contributed by atoms with Gasteiger partial charge >= 0.3 is 0 Å². The highest BCUT2D eigenvalue weighted by atomic mass is 16.5. The molecule has 0 amide bonds. The number of benzene rings is 2. The number of rotatable bonds is 5. The van der Waals surface area contributed by atoms with E-state index in [0.29, 0.717) is 23.1 Å². The highest BCUT2D eigenvalue weighted by molar-refractivity contribution is 5.55. The lowest BCUT2D eigenvalue weighted by Crippen LogP contribution is -2.00. The van der Waals surface area contributed by atoms with Crippen LogP contribution >= 0.6 is 0 Å². The number of hydrogen-bond donors (Lipinski definition) is 2. The molecule has 0 unspecified atom stereocenters. The molecular weight excluding hydrogens is 328 g/mol. The number of aromatic nitrogens is 2. The number of aliphatic hydroxyl groups is 1. The SMILES string of the molecule is Cc1cc(CO)cc(C)c1Oc1ccnc(Nc2ccc(C#N)cc2)n1. The van der Waals surface area contributed by atoms with Gasteiger partial charge in [0.05, 0.1) is 18.2 Å². The third kappa shape index (κ3) is 3.97. The van der Waals surface area contributed by atoms with E-state index in [2.05, 4.69) is 21.4 Å². The Bertz CT molecular complexity index is 939. The molecule has 0 saturated carbocycles. The van der Waals surface area contributed by atoms with Gasteiger partial charge in [0.15, 0.2) is 0 Å². The molecule has 0 atom stereocenters. The zero-order valence-corrected chi connectivity index (χ0v) is 14.5. The van der Waals surface area contributed by atoms with Crippen LogP contribution in [-0.4, -0.2) is 15.1 Å². The lowest BCUT2D eigenvalue weighted by Gasteiger charge is -2.13. The van der Waals surface area contributed by atoms with Crippen LogP contribution in [0, 0.1) is 25.2 Å². The van der Waals surface area contributed by atoms with Crippen LogP contribution in [0.25, 0.3) is 0 Å². The van der Waals surface area contributed by atoms with Gasteiger partial charge in [-0.2, -0.15) is 10.2 Å². The molecule has 2 aromatic carbocycles. The van der Waals surface area contributed by atoms with E-state index in [0.717, 1.165) is 22.4 Å². The number of aryl methyl sites for hydroxylation is 2. The quantitative estimate of drug-likeness (QED) is 0.726. The van der Waals surface area contributed by atoms with E-state index in [1.54, 1.807) is 36.5 Å². The molecular formula is C20H18N4O2. The summed E-state index contributed by atoms with van der Waals surface area (Å²) in [6, 6.07) is 14.6. The van der Waals surface area contributed by atoms with Crippen molar-refractivity contribution in [3.8, 4) is 17.7 Å². The predicted octanol–water partition coefficient (Wildman–Crippen LogP) is 3.99. The number of nitriles is 1. The summed E-state index contributed by atoms with van der Waals surface area (Å²) in [6.45, 7) is 3.85. The lowest BCUT2D eigenvalue weighted by atomic mass is 10.1. The molecule has 1 aromatic heterocycles. The van der Waals surface area contributed by atoms with E-state index >= 15 is 0 Å². The first-order chi connectivity index (χ1) is 12.6. The molecule has 1 heterocycles. The van der Waals surface area contributed by atoms with Crippen molar-refractivity contribution < 1.29 is 9.84 Å². The average molecular weight is 346 g/mol. The molecule has 0 aliphatic rings. The summed E-state index contributed by atoms with van der Waals surface area (Å²) in [4.78, 5) is 8.56. The third-order valence-electron chi connectivity index (χ3n) is 3.81. The Morgan fingerprint density at radius 1 is 1.12 bits per heavy atom. The van der Waals surface area contributed by atoms with Gasteiger partial charge in [-0.25, -0.2) is 4.98 Å². The summed E-state index contributed by atoms with van der Waals surface area (Å²) in [5.74, 6) is 1.53. The van der Waals surface area contributed by atoms with Crippen LogP contribution in [-0.2, 0) is 6.61 Å². The Kier molecular flexibility index (Phi) is 5.11. The molecule has 0 fully saturated rings. The van der Waals surface area contributed by atoms with Crippen LogP contribution in [0.2, 0.25) is 0 Å². The minimum atomic E-state index is -0.00583. The fourth-order valence-electron chi connectivity index (χ4n) is 2.61. The van der Waals surface area contributed by atoms with Gasteiger partial charge in [0, 0.05) is 18.0 Å². The molecule has 3 rings (SSSR count). The standard InChI is InChI=1S/C20H18N4O2/c1-13-9-16(12-25)10-14(2)19(13)26-18-7-8-22-20(24-18)23-17-5-3-15(11-21)4-6-17/h3-10,25H,12H2,1-2H3,(H,22,23,24). The molecule has 3 aromatic rings. The van der Waals surface area contributed by atoms with Crippen LogP contribution in [0.15, 0.2) is 48.7 Å². The smallest absolute Gasteiger partial charge is 0.230 e. The van der Waals surface area contributed by atoms with Crippen LogP contribution in [0.3, 0.4) is 0 Å². The molecule has 0 saturated heterocycles. The second-order valence-electron chi connectivity index (χ2n) is 5.85. The molecule has 130 valence electrons. The molecule has 0 aliphatic heterocycles. The third-order valence-corrected chi connectivity index (χ3v) is 3.81. The van der Waals surface area contributed by atoms with Crippen molar-refractivity contribution >= 4 is 11.6 Å². The molecule has 0 radical (unpaired) electrons. The molecule has 0 aliphatic carbocycles. The van der Waals surface area contributed by atoms with Gasteiger partial charge in [-0.05, 0) is 54.8 Å². The van der Waals surface area contributed by atoms with Crippen molar-refractivity contribution in [2.24, 2.45) is 0 Å². The van der Waals surface area contributed by atoms with Crippen LogP contribution in [0.5, 0.6) is 11.6 Å². The molecule has 6 nitrogen and oxygen atoms in total. The highest BCUT2D eigenvalue weighted by Gasteiger charge is 2.09. The van der Waals surface area contributed by atoms with E-state index < -0.39 is 0 Å². The minimum Gasteiger partial charge on any atom is -0.438 e. The lowest BCUT2D eigenvalue weighted by molar-refractivity contribution is 0.281. The maximum Gasteiger partial charge on any atom is 0.230 e. The summed E-state index contributed by atoms with van der Waals surface area (Å²) < 4.78 is 5.94. The Morgan fingerprint density at radius 3 is 2.42 bits per heavy atom. The molecule has 6 heteroatoms. The number of anilines is 2. The molecule has 0 bridgehead atoms. The number of nitrogens with zero attached hydrogens (tertiary/aromatic N) is 3. The zero-order valence-electron chi connectivity index (χ0n) is 14.5.